The Hall–Kier alpha value is -2.15. The lowest BCUT2D eigenvalue weighted by atomic mass is 10.2. The fraction of sp³-hybridized carbons (Fsp3) is 0. The fourth-order valence-corrected chi connectivity index (χ4v) is 1.34. The Balaban J connectivity index is 2.43. The molecule has 0 bridgehead atoms. The van der Waals surface area contributed by atoms with Crippen molar-refractivity contribution in [2.75, 3.05) is 0 Å². The van der Waals surface area contributed by atoms with Crippen LogP contribution in [0.1, 0.15) is 5.56 Å². The number of hydrogen-bond acceptors (Lipinski definition) is 4. The number of nitrogens with zero attached hydrogens (tertiary/aromatic N) is 3. The van der Waals surface area contributed by atoms with E-state index >= 15 is 0 Å². The molecule has 0 fully saturated rings. The number of nitrogens with one attached hydrogen (secondary N) is 1. The average molecular weight is 250 g/mol. The smallest absolute Gasteiger partial charge is 0.265 e. The van der Waals surface area contributed by atoms with Gasteiger partial charge in [-0.1, -0.05) is 18.2 Å². The van der Waals surface area contributed by atoms with Crippen molar-refractivity contribution in [1.82, 2.24) is 14.9 Å². The number of hydrogen-bond donors (Lipinski definition) is 1. The molecule has 0 spiro atoms. The van der Waals surface area contributed by atoms with Crippen molar-refractivity contribution in [3.05, 3.63) is 57.0 Å². The van der Waals surface area contributed by atoms with Gasteiger partial charge in [-0.3, -0.25) is 9.89 Å². The summed E-state index contributed by atoms with van der Waals surface area (Å²) in [6.45, 7) is 0. The number of H-pyrrole nitrogens is 1. The molecule has 7 heteroatoms. The third kappa shape index (κ3) is 2.51. The van der Waals surface area contributed by atoms with Gasteiger partial charge in [0, 0.05) is 5.56 Å². The van der Waals surface area contributed by atoms with Crippen LogP contribution in [0, 0.1) is 10.6 Å². The summed E-state index contributed by atoms with van der Waals surface area (Å²) in [6, 6.07) is 6.08. The molecule has 2 aromatic rings. The molecule has 0 aliphatic rings. The van der Waals surface area contributed by atoms with E-state index in [2.05, 4.69) is 15.3 Å². The van der Waals surface area contributed by atoms with E-state index in [0.717, 1.165) is 10.9 Å². The minimum atomic E-state index is -0.485. The SMILES string of the molecule is O=c1cn[nH]c(=S)n1/N=C/c1ccccc1F. The van der Waals surface area contributed by atoms with Gasteiger partial charge in [-0.2, -0.15) is 14.9 Å². The van der Waals surface area contributed by atoms with E-state index in [4.69, 9.17) is 12.2 Å². The Labute approximate surface area is 100 Å². The van der Waals surface area contributed by atoms with Crippen LogP contribution in [-0.4, -0.2) is 21.1 Å². The van der Waals surface area contributed by atoms with Crippen molar-refractivity contribution in [2.45, 2.75) is 0 Å². The van der Waals surface area contributed by atoms with Crippen LogP contribution >= 0.6 is 12.2 Å². The molecule has 0 unspecified atom stereocenters. The van der Waals surface area contributed by atoms with E-state index in [0.29, 0.717) is 0 Å². The zero-order valence-corrected chi connectivity index (χ0v) is 9.32. The Kier molecular flexibility index (Phi) is 3.20. The highest BCUT2D eigenvalue weighted by molar-refractivity contribution is 7.71. The molecule has 17 heavy (non-hydrogen) atoms. The molecule has 0 aliphatic heterocycles. The molecule has 5 nitrogen and oxygen atoms in total. The van der Waals surface area contributed by atoms with Gasteiger partial charge in [0.15, 0.2) is 0 Å². The molecular weight excluding hydrogens is 243 g/mol. The number of aromatic amines is 1. The van der Waals surface area contributed by atoms with Crippen LogP contribution in [0.5, 0.6) is 0 Å². The first kappa shape index (κ1) is 11.3. The van der Waals surface area contributed by atoms with Crippen LogP contribution in [0.3, 0.4) is 0 Å². The normalized spacial score (nSPS) is 10.9. The van der Waals surface area contributed by atoms with Gasteiger partial charge in [0.2, 0.25) is 4.77 Å². The average Bonchev–Trinajstić information content (AvgIpc) is 2.30. The molecule has 1 aromatic carbocycles. The molecule has 1 aromatic heterocycles. The summed E-state index contributed by atoms with van der Waals surface area (Å²) in [7, 11) is 0. The summed E-state index contributed by atoms with van der Waals surface area (Å²) in [5.41, 5.74) is -0.216. The van der Waals surface area contributed by atoms with Crippen molar-refractivity contribution >= 4 is 18.4 Å². The fourth-order valence-electron chi connectivity index (χ4n) is 1.15. The Morgan fingerprint density at radius 3 is 2.94 bits per heavy atom. The van der Waals surface area contributed by atoms with Gasteiger partial charge in [-0.25, -0.2) is 4.39 Å². The third-order valence-corrected chi connectivity index (χ3v) is 2.22. The quantitative estimate of drug-likeness (QED) is 0.646. The molecule has 0 radical (unpaired) electrons. The van der Waals surface area contributed by atoms with Crippen LogP contribution in [0.2, 0.25) is 0 Å². The van der Waals surface area contributed by atoms with Crippen molar-refractivity contribution in [3.8, 4) is 0 Å². The van der Waals surface area contributed by atoms with Crippen LogP contribution in [0.4, 0.5) is 4.39 Å². The van der Waals surface area contributed by atoms with Gasteiger partial charge < -0.3 is 0 Å². The summed E-state index contributed by atoms with van der Waals surface area (Å²) in [4.78, 5) is 11.4. The largest absolute Gasteiger partial charge is 0.293 e. The predicted molar refractivity (Wildman–Crippen MR) is 63.1 cm³/mol. The third-order valence-electron chi connectivity index (χ3n) is 1.95. The van der Waals surface area contributed by atoms with Gasteiger partial charge in [-0.05, 0) is 18.3 Å². The lowest BCUT2D eigenvalue weighted by Crippen LogP contribution is -2.18. The number of benzene rings is 1. The lowest BCUT2D eigenvalue weighted by Gasteiger charge is -1.97. The van der Waals surface area contributed by atoms with Crippen LogP contribution < -0.4 is 5.56 Å². The molecule has 2 rings (SSSR count). The number of halogens is 1. The highest BCUT2D eigenvalue weighted by Crippen LogP contribution is 2.02. The van der Waals surface area contributed by atoms with E-state index in [-0.39, 0.29) is 10.3 Å². The zero-order valence-electron chi connectivity index (χ0n) is 8.50. The first-order valence-electron chi connectivity index (χ1n) is 4.64. The molecule has 1 N–H and O–H groups in total. The molecule has 0 saturated heterocycles. The molecular formula is C10H7FN4OS. The second-order valence-corrected chi connectivity index (χ2v) is 3.48. The topological polar surface area (TPSA) is 63.0 Å². The van der Waals surface area contributed by atoms with Crippen molar-refractivity contribution in [1.29, 1.82) is 0 Å². The number of rotatable bonds is 2. The van der Waals surface area contributed by atoms with Crippen LogP contribution in [-0.2, 0) is 0 Å². The first-order chi connectivity index (χ1) is 8.18. The van der Waals surface area contributed by atoms with Gasteiger partial charge in [0.25, 0.3) is 5.56 Å². The van der Waals surface area contributed by atoms with Gasteiger partial charge in [0.1, 0.15) is 12.0 Å². The van der Waals surface area contributed by atoms with Gasteiger partial charge >= 0.3 is 0 Å². The van der Waals surface area contributed by atoms with E-state index < -0.39 is 11.4 Å². The maximum absolute atomic E-state index is 13.3. The minimum Gasteiger partial charge on any atom is -0.265 e. The predicted octanol–water partition coefficient (Wildman–Crippen LogP) is 1.32. The molecule has 0 amide bonds. The monoisotopic (exact) mass is 250 g/mol. The zero-order chi connectivity index (χ0) is 12.3. The summed E-state index contributed by atoms with van der Waals surface area (Å²) in [5, 5.41) is 9.72. The van der Waals surface area contributed by atoms with E-state index in [9.17, 15) is 9.18 Å². The summed E-state index contributed by atoms with van der Waals surface area (Å²) in [6.07, 6.45) is 2.26. The Bertz CT molecular complexity index is 648. The van der Waals surface area contributed by atoms with E-state index in [1.54, 1.807) is 12.1 Å². The maximum atomic E-state index is 13.3. The highest BCUT2D eigenvalue weighted by atomic mass is 32.1. The van der Waals surface area contributed by atoms with Gasteiger partial charge in [-0.15, -0.1) is 0 Å². The second kappa shape index (κ2) is 4.79. The second-order valence-electron chi connectivity index (χ2n) is 3.09. The summed E-state index contributed by atoms with van der Waals surface area (Å²) in [5.74, 6) is -0.423. The summed E-state index contributed by atoms with van der Waals surface area (Å²) >= 11 is 4.83. The first-order valence-corrected chi connectivity index (χ1v) is 5.05. The van der Waals surface area contributed by atoms with Crippen LogP contribution in [0.15, 0.2) is 40.4 Å². The molecule has 0 aliphatic carbocycles. The Morgan fingerprint density at radius 2 is 2.24 bits per heavy atom. The lowest BCUT2D eigenvalue weighted by molar-refractivity contribution is 0.625. The molecule has 86 valence electrons. The van der Waals surface area contributed by atoms with Crippen molar-refractivity contribution in [3.63, 3.8) is 0 Å². The molecule has 0 atom stereocenters. The highest BCUT2D eigenvalue weighted by Gasteiger charge is 1.98. The minimum absolute atomic E-state index is 0.0464. The Morgan fingerprint density at radius 1 is 1.47 bits per heavy atom. The standard InChI is InChI=1S/C10H7FN4OS/c11-8-4-2-1-3-7(8)5-13-15-9(16)6-12-14-10(15)17/h1-6H,(H,14,17)/b13-5+. The maximum Gasteiger partial charge on any atom is 0.293 e. The van der Waals surface area contributed by atoms with Crippen molar-refractivity contribution in [2.24, 2.45) is 5.10 Å². The molecule has 0 saturated carbocycles. The van der Waals surface area contributed by atoms with E-state index in [1.807, 2.05) is 0 Å². The summed E-state index contributed by atoms with van der Waals surface area (Å²) < 4.78 is 14.2. The van der Waals surface area contributed by atoms with Gasteiger partial charge in [0.05, 0.1) is 6.21 Å². The van der Waals surface area contributed by atoms with Crippen molar-refractivity contribution < 1.29 is 4.39 Å². The number of aromatic nitrogens is 3. The molecule has 1 heterocycles. The van der Waals surface area contributed by atoms with Crippen LogP contribution in [0.25, 0.3) is 0 Å². The van der Waals surface area contributed by atoms with E-state index in [1.165, 1.54) is 18.3 Å².